The van der Waals surface area contributed by atoms with Crippen molar-refractivity contribution in [1.82, 2.24) is 31.9 Å². The Morgan fingerprint density at radius 1 is 0.719 bits per heavy atom. The van der Waals surface area contributed by atoms with Gasteiger partial charge in [-0.3, -0.25) is 38.4 Å². The molecule has 7 amide bonds. The first-order valence-corrected chi connectivity index (χ1v) is 21.6. The van der Waals surface area contributed by atoms with E-state index in [1.165, 1.54) is 21.6 Å². The summed E-state index contributed by atoms with van der Waals surface area (Å²) in [5.41, 5.74) is 11.2. The van der Waals surface area contributed by atoms with Gasteiger partial charge >= 0.3 is 11.9 Å². The Kier molecular flexibility index (Phi) is 21.9. The largest absolute Gasteiger partial charge is 0.394 e. The van der Waals surface area contributed by atoms with Crippen LogP contribution in [0.2, 0.25) is 0 Å². The van der Waals surface area contributed by atoms with Gasteiger partial charge < -0.3 is 58.3 Å². The van der Waals surface area contributed by atoms with Crippen LogP contribution in [0.5, 0.6) is 0 Å². The van der Waals surface area contributed by atoms with Crippen LogP contribution in [0.4, 0.5) is 0 Å². The van der Waals surface area contributed by atoms with Crippen molar-refractivity contribution in [2.45, 2.75) is 140 Å². The molecule has 0 aliphatic carbocycles. The molecular formula is C35H58N8O12S2. The number of carbonyl (C=O) groups excluding carboxylic acids is 9. The molecule has 8 unspecified atom stereocenters. The van der Waals surface area contributed by atoms with Crippen LogP contribution in [-0.4, -0.2) is 130 Å². The van der Waals surface area contributed by atoms with Gasteiger partial charge in [0.15, 0.2) is 0 Å². The summed E-state index contributed by atoms with van der Waals surface area (Å²) in [6, 6.07) is -9.89. The van der Waals surface area contributed by atoms with E-state index in [1.54, 1.807) is 13.8 Å². The molecule has 22 heteroatoms. The second-order valence-corrected chi connectivity index (χ2v) is 16.9. The first kappa shape index (κ1) is 49.2. The summed E-state index contributed by atoms with van der Waals surface area (Å²) in [7, 11) is 2.34. The van der Waals surface area contributed by atoms with Gasteiger partial charge in [0, 0.05) is 24.3 Å². The fourth-order valence-electron chi connectivity index (χ4n) is 5.73. The van der Waals surface area contributed by atoms with E-state index in [0.717, 1.165) is 25.7 Å². The van der Waals surface area contributed by atoms with Gasteiger partial charge in [0.05, 0.1) is 12.6 Å². The van der Waals surface area contributed by atoms with Crippen LogP contribution in [0.25, 0.3) is 0 Å². The molecule has 2 aliphatic heterocycles. The molecule has 0 aromatic carbocycles. The van der Waals surface area contributed by atoms with Crippen LogP contribution >= 0.6 is 21.6 Å². The number of hydrogen-bond donors (Lipinski definition) is 10. The van der Waals surface area contributed by atoms with Crippen molar-refractivity contribution in [2.75, 3.05) is 18.1 Å². The molecule has 2 rings (SSSR count). The van der Waals surface area contributed by atoms with Crippen LogP contribution in [0.15, 0.2) is 0 Å². The van der Waals surface area contributed by atoms with Crippen LogP contribution in [0, 0.1) is 5.92 Å². The molecule has 57 heavy (non-hydrogen) atoms. The Labute approximate surface area is 339 Å². The minimum absolute atomic E-state index is 0.0164. The lowest BCUT2D eigenvalue weighted by molar-refractivity contribution is -0.161. The molecule has 0 aromatic heterocycles. The van der Waals surface area contributed by atoms with Gasteiger partial charge in [-0.05, 0) is 25.2 Å². The monoisotopic (exact) mass is 846 g/mol. The van der Waals surface area contributed by atoms with Crippen LogP contribution in [-0.2, 0) is 47.9 Å². The van der Waals surface area contributed by atoms with E-state index in [-0.39, 0.29) is 36.7 Å². The maximum atomic E-state index is 13.8. The molecule has 0 aromatic rings. The number of hydrogen-bond acceptors (Lipinski definition) is 15. The number of esters is 2. The first-order valence-electron chi connectivity index (χ1n) is 19.1. The van der Waals surface area contributed by atoms with E-state index in [4.69, 9.17) is 16.2 Å². The predicted octanol–water partition coefficient (Wildman–Crippen LogP) is -2.49. The number of aliphatic hydroxyl groups is 2. The zero-order valence-electron chi connectivity index (χ0n) is 32.5. The molecule has 2 saturated heterocycles. The molecule has 20 nitrogen and oxygen atoms in total. The third kappa shape index (κ3) is 17.6. The van der Waals surface area contributed by atoms with Gasteiger partial charge in [-0.1, -0.05) is 80.9 Å². The second kappa shape index (κ2) is 25.4. The summed E-state index contributed by atoms with van der Waals surface area (Å²) < 4.78 is 4.94. The number of amides is 7. The molecule has 12 N–H and O–H groups in total. The minimum Gasteiger partial charge on any atom is -0.394 e. The van der Waals surface area contributed by atoms with E-state index >= 15 is 0 Å². The number of nitrogens with one attached hydrogen (secondary N) is 6. The first-order chi connectivity index (χ1) is 27.0. The van der Waals surface area contributed by atoms with Gasteiger partial charge in [-0.2, -0.15) is 0 Å². The number of fused-ring (bicyclic) bond motifs is 3. The summed E-state index contributed by atoms with van der Waals surface area (Å²) in [5.74, 6) is -8.92. The fourth-order valence-corrected chi connectivity index (χ4v) is 8.04. The molecule has 0 saturated carbocycles. The Bertz CT molecular complexity index is 1440. The van der Waals surface area contributed by atoms with Crippen molar-refractivity contribution in [2.24, 2.45) is 17.4 Å². The van der Waals surface area contributed by atoms with Crippen molar-refractivity contribution in [1.29, 1.82) is 0 Å². The highest BCUT2D eigenvalue weighted by Gasteiger charge is 2.36. The van der Waals surface area contributed by atoms with Gasteiger partial charge in [-0.25, -0.2) is 4.79 Å². The summed E-state index contributed by atoms with van der Waals surface area (Å²) in [4.78, 5) is 118. The van der Waals surface area contributed by atoms with Crippen LogP contribution in [0.3, 0.4) is 0 Å². The Hall–Kier alpha value is -3.99. The SMILES string of the molecule is CCCCCCCCC1NC(=O)C(CC(O)C(N)=O)NC(=O)C(CO)NC(=O)C(CC(C)C)NC(=O)C(N)CCC(=O)OC(=O)C2CSSCC(NC1=O)C(=O)N2. The number of rotatable bonds is 13. The van der Waals surface area contributed by atoms with E-state index in [0.29, 0.717) is 12.8 Å². The third-order valence-electron chi connectivity index (χ3n) is 9.05. The van der Waals surface area contributed by atoms with Gasteiger partial charge in [0.2, 0.25) is 41.4 Å². The standard InChI is InChI=1S/C35H58N8O12S2/c1-4-5-6-7-8-9-10-20-30(49)42-24-16-56-57-17-25(43-34(24)53)35(54)55-27(46)12-11-19(36)29(48)39-21(13-18(2)3)31(50)41-23(15-44)33(52)40-22(32(51)38-20)14-26(45)28(37)47/h18-26,44-45H,4-17,36H2,1-3H3,(H2,37,47)(H,38,51)(H,39,48)(H,40,52)(H,41,50)(H,42,49)(H,43,53). The normalized spacial score (nSPS) is 27.3. The van der Waals surface area contributed by atoms with Gasteiger partial charge in [0.25, 0.3) is 0 Å². The predicted molar refractivity (Wildman–Crippen MR) is 209 cm³/mol. The Balaban J connectivity index is 2.53. The highest BCUT2D eigenvalue weighted by atomic mass is 33.1. The molecule has 2 aliphatic rings. The molecular weight excluding hydrogens is 789 g/mol. The van der Waals surface area contributed by atoms with Crippen molar-refractivity contribution in [3.63, 3.8) is 0 Å². The molecule has 2 bridgehead atoms. The molecule has 8 atom stereocenters. The number of cyclic esters (lactones) is 2. The zero-order chi connectivity index (χ0) is 42.7. The fraction of sp³-hybridized carbons (Fsp3) is 0.743. The van der Waals surface area contributed by atoms with Crippen molar-refractivity contribution in [3.8, 4) is 0 Å². The van der Waals surface area contributed by atoms with E-state index < -0.39 is 121 Å². The smallest absolute Gasteiger partial charge is 0.337 e. The Morgan fingerprint density at radius 3 is 1.84 bits per heavy atom. The molecule has 2 heterocycles. The molecule has 322 valence electrons. The summed E-state index contributed by atoms with van der Waals surface area (Å²) in [5, 5.41) is 35.1. The van der Waals surface area contributed by atoms with Crippen LogP contribution in [0.1, 0.15) is 91.4 Å². The topological polar surface area (TPSA) is 328 Å². The average Bonchev–Trinajstić information content (AvgIpc) is 3.14. The maximum Gasteiger partial charge on any atom is 0.337 e. The third-order valence-corrected chi connectivity index (χ3v) is 11.5. The highest BCUT2D eigenvalue weighted by molar-refractivity contribution is 8.76. The molecule has 0 spiro atoms. The van der Waals surface area contributed by atoms with E-state index in [2.05, 4.69) is 38.8 Å². The lowest BCUT2D eigenvalue weighted by Crippen LogP contribution is -2.61. The van der Waals surface area contributed by atoms with Gasteiger partial charge in [0.1, 0.15) is 42.4 Å². The summed E-state index contributed by atoms with van der Waals surface area (Å²) in [6.07, 6.45) is 1.62. The zero-order valence-corrected chi connectivity index (χ0v) is 34.2. The lowest BCUT2D eigenvalue weighted by atomic mass is 10.0. The van der Waals surface area contributed by atoms with Crippen molar-refractivity contribution >= 4 is 74.9 Å². The molecule has 2 fully saturated rings. The maximum absolute atomic E-state index is 13.8. The highest BCUT2D eigenvalue weighted by Crippen LogP contribution is 2.25. The number of aliphatic hydroxyl groups excluding tert-OH is 2. The number of nitrogens with two attached hydrogens (primary N) is 2. The number of ether oxygens (including phenoxy) is 1. The van der Waals surface area contributed by atoms with Gasteiger partial charge in [-0.15, -0.1) is 0 Å². The summed E-state index contributed by atoms with van der Waals surface area (Å²) >= 11 is 0. The van der Waals surface area contributed by atoms with E-state index in [9.17, 15) is 53.4 Å². The quantitative estimate of drug-likeness (QED) is 0.0397. The summed E-state index contributed by atoms with van der Waals surface area (Å²) in [6.45, 7) is 4.56. The van der Waals surface area contributed by atoms with E-state index in [1.807, 2.05) is 0 Å². The molecule has 0 radical (unpaired) electrons. The lowest BCUT2D eigenvalue weighted by Gasteiger charge is -2.28. The van der Waals surface area contributed by atoms with Crippen molar-refractivity contribution in [3.05, 3.63) is 0 Å². The van der Waals surface area contributed by atoms with Crippen molar-refractivity contribution < 1.29 is 58.1 Å². The second-order valence-electron chi connectivity index (χ2n) is 14.4. The Morgan fingerprint density at radius 2 is 1.23 bits per heavy atom. The number of carbonyl (C=O) groups is 9. The average molecular weight is 847 g/mol. The number of unbranched alkanes of at least 4 members (excludes halogenated alkanes) is 5. The number of primary amides is 1. The minimum atomic E-state index is -1.95. The van der Waals surface area contributed by atoms with Crippen LogP contribution < -0.4 is 43.4 Å².